The number of carbonyl (C=O) groups excluding carboxylic acids is 2. The van der Waals surface area contributed by atoms with Crippen LogP contribution in [-0.2, 0) is 35.4 Å². The van der Waals surface area contributed by atoms with Gasteiger partial charge in [0.15, 0.2) is 0 Å². The maximum atomic E-state index is 12.2. The minimum atomic E-state index is -0.583. The molecule has 3 rings (SSSR count). The highest BCUT2D eigenvalue weighted by Gasteiger charge is 2.16. The quantitative estimate of drug-likeness (QED) is 0.849. The van der Waals surface area contributed by atoms with Crippen LogP contribution in [0.5, 0.6) is 0 Å². The van der Waals surface area contributed by atoms with Crippen LogP contribution in [0.4, 0.5) is 0 Å². The van der Waals surface area contributed by atoms with Gasteiger partial charge in [-0.05, 0) is 61.4 Å². The van der Waals surface area contributed by atoms with Gasteiger partial charge in [-0.25, -0.2) is 0 Å². The standard InChI is InChI=1S/C20H24N2O3/c1-14(20(24)21-13-18-7-4-10-25-18)22-19(23)12-15-8-9-16-5-2-3-6-17(16)11-15/h4,7-11,14H,2-3,5-6,12-13H2,1H3,(H,21,24)(H,22,23). The Morgan fingerprint density at radius 2 is 1.96 bits per heavy atom. The lowest BCUT2D eigenvalue weighted by atomic mass is 9.90. The number of nitrogens with one attached hydrogen (secondary N) is 2. The summed E-state index contributed by atoms with van der Waals surface area (Å²) in [5, 5.41) is 5.50. The van der Waals surface area contributed by atoms with E-state index in [4.69, 9.17) is 4.42 Å². The number of fused-ring (bicyclic) bond motifs is 1. The van der Waals surface area contributed by atoms with Crippen LogP contribution in [0.2, 0.25) is 0 Å². The van der Waals surface area contributed by atoms with Crippen molar-refractivity contribution in [1.82, 2.24) is 10.6 Å². The molecule has 1 heterocycles. The van der Waals surface area contributed by atoms with Crippen molar-refractivity contribution in [3.05, 3.63) is 59.0 Å². The van der Waals surface area contributed by atoms with E-state index in [9.17, 15) is 9.59 Å². The second kappa shape index (κ2) is 8.01. The molecule has 1 aliphatic rings. The molecule has 0 saturated carbocycles. The number of furan rings is 1. The number of carbonyl (C=O) groups is 2. The van der Waals surface area contributed by atoms with Crippen LogP contribution in [0.25, 0.3) is 0 Å². The zero-order valence-corrected chi connectivity index (χ0v) is 14.5. The molecule has 0 aliphatic heterocycles. The van der Waals surface area contributed by atoms with E-state index in [1.807, 2.05) is 6.07 Å². The molecule has 1 aromatic heterocycles. The van der Waals surface area contributed by atoms with Crippen molar-refractivity contribution in [2.24, 2.45) is 0 Å². The summed E-state index contributed by atoms with van der Waals surface area (Å²) in [6, 6.07) is 9.27. The molecule has 25 heavy (non-hydrogen) atoms. The fraction of sp³-hybridized carbons (Fsp3) is 0.400. The number of hydrogen-bond donors (Lipinski definition) is 2. The van der Waals surface area contributed by atoms with Crippen molar-refractivity contribution in [2.45, 2.75) is 51.6 Å². The molecular formula is C20H24N2O3. The molecule has 0 spiro atoms. The molecule has 1 aromatic carbocycles. The van der Waals surface area contributed by atoms with Gasteiger partial charge in [0.1, 0.15) is 11.8 Å². The van der Waals surface area contributed by atoms with E-state index in [0.29, 0.717) is 18.7 Å². The SMILES string of the molecule is CC(NC(=O)Cc1ccc2c(c1)CCCC2)C(=O)NCc1ccco1. The molecule has 0 bridgehead atoms. The lowest BCUT2D eigenvalue weighted by molar-refractivity contribution is -0.128. The highest BCUT2D eigenvalue weighted by atomic mass is 16.3. The summed E-state index contributed by atoms with van der Waals surface area (Å²) in [5.74, 6) is 0.313. The number of aryl methyl sites for hydroxylation is 2. The molecule has 0 fully saturated rings. The van der Waals surface area contributed by atoms with Gasteiger partial charge in [-0.2, -0.15) is 0 Å². The largest absolute Gasteiger partial charge is 0.467 e. The Bertz CT molecular complexity index is 737. The Labute approximate surface area is 147 Å². The average molecular weight is 340 g/mol. The van der Waals surface area contributed by atoms with Crippen LogP contribution in [0.15, 0.2) is 41.0 Å². The van der Waals surface area contributed by atoms with Crippen LogP contribution in [0.1, 0.15) is 42.2 Å². The van der Waals surface area contributed by atoms with Gasteiger partial charge in [0.25, 0.3) is 0 Å². The first-order valence-electron chi connectivity index (χ1n) is 8.82. The third-order valence-electron chi connectivity index (χ3n) is 4.57. The maximum Gasteiger partial charge on any atom is 0.242 e. The summed E-state index contributed by atoms with van der Waals surface area (Å²) in [6.45, 7) is 2.00. The molecule has 5 heteroatoms. The highest BCUT2D eigenvalue weighted by molar-refractivity contribution is 5.88. The van der Waals surface area contributed by atoms with Crippen LogP contribution >= 0.6 is 0 Å². The van der Waals surface area contributed by atoms with E-state index < -0.39 is 6.04 Å². The van der Waals surface area contributed by atoms with E-state index in [0.717, 1.165) is 18.4 Å². The summed E-state index contributed by atoms with van der Waals surface area (Å²) in [4.78, 5) is 24.3. The van der Waals surface area contributed by atoms with Crippen LogP contribution in [0.3, 0.4) is 0 Å². The first-order chi connectivity index (χ1) is 12.1. The summed E-state index contributed by atoms with van der Waals surface area (Å²) in [6.07, 6.45) is 6.55. The topological polar surface area (TPSA) is 71.3 Å². The Balaban J connectivity index is 1.48. The number of rotatable bonds is 6. The Morgan fingerprint density at radius 3 is 2.72 bits per heavy atom. The Kier molecular flexibility index (Phi) is 5.53. The summed E-state index contributed by atoms with van der Waals surface area (Å²) in [7, 11) is 0. The molecule has 0 saturated heterocycles. The molecule has 132 valence electrons. The van der Waals surface area contributed by atoms with Crippen LogP contribution < -0.4 is 10.6 Å². The molecular weight excluding hydrogens is 316 g/mol. The number of hydrogen-bond acceptors (Lipinski definition) is 3. The smallest absolute Gasteiger partial charge is 0.242 e. The molecule has 2 N–H and O–H groups in total. The van der Waals surface area contributed by atoms with Crippen molar-refractivity contribution < 1.29 is 14.0 Å². The molecule has 2 amide bonds. The van der Waals surface area contributed by atoms with Gasteiger partial charge in [0.05, 0.1) is 19.2 Å². The predicted molar refractivity (Wildman–Crippen MR) is 94.9 cm³/mol. The van der Waals surface area contributed by atoms with E-state index in [-0.39, 0.29) is 11.8 Å². The van der Waals surface area contributed by atoms with Crippen LogP contribution in [0, 0.1) is 0 Å². The van der Waals surface area contributed by atoms with E-state index in [1.165, 1.54) is 24.0 Å². The second-order valence-electron chi connectivity index (χ2n) is 6.57. The zero-order chi connectivity index (χ0) is 17.6. The molecule has 1 aliphatic carbocycles. The second-order valence-corrected chi connectivity index (χ2v) is 6.57. The normalized spacial score (nSPS) is 14.4. The van der Waals surface area contributed by atoms with Gasteiger partial charge in [-0.15, -0.1) is 0 Å². The van der Waals surface area contributed by atoms with Gasteiger partial charge in [0.2, 0.25) is 11.8 Å². The fourth-order valence-corrected chi connectivity index (χ4v) is 3.18. The minimum Gasteiger partial charge on any atom is -0.467 e. The first-order valence-corrected chi connectivity index (χ1v) is 8.82. The van der Waals surface area contributed by atoms with E-state index in [1.54, 1.807) is 25.3 Å². The third-order valence-corrected chi connectivity index (χ3v) is 4.57. The summed E-state index contributed by atoms with van der Waals surface area (Å²) < 4.78 is 5.17. The van der Waals surface area contributed by atoms with Gasteiger partial charge in [0, 0.05) is 0 Å². The van der Waals surface area contributed by atoms with Gasteiger partial charge < -0.3 is 15.1 Å². The summed E-state index contributed by atoms with van der Waals surface area (Å²) >= 11 is 0. The Hall–Kier alpha value is -2.56. The predicted octanol–water partition coefficient (Wildman–Crippen LogP) is 2.52. The molecule has 2 aromatic rings. The Morgan fingerprint density at radius 1 is 1.16 bits per heavy atom. The van der Waals surface area contributed by atoms with Gasteiger partial charge in [-0.3, -0.25) is 9.59 Å². The van der Waals surface area contributed by atoms with Crippen LogP contribution in [-0.4, -0.2) is 17.9 Å². The number of benzene rings is 1. The van der Waals surface area contributed by atoms with Crippen molar-refractivity contribution in [1.29, 1.82) is 0 Å². The fourth-order valence-electron chi connectivity index (χ4n) is 3.18. The van der Waals surface area contributed by atoms with E-state index >= 15 is 0 Å². The van der Waals surface area contributed by atoms with Gasteiger partial charge in [-0.1, -0.05) is 18.2 Å². The zero-order valence-electron chi connectivity index (χ0n) is 14.5. The van der Waals surface area contributed by atoms with Crippen molar-refractivity contribution in [3.63, 3.8) is 0 Å². The average Bonchev–Trinajstić information content (AvgIpc) is 3.13. The minimum absolute atomic E-state index is 0.142. The number of amides is 2. The van der Waals surface area contributed by atoms with Crippen molar-refractivity contribution >= 4 is 11.8 Å². The lowest BCUT2D eigenvalue weighted by Crippen LogP contribution is -2.45. The third kappa shape index (κ3) is 4.72. The maximum absolute atomic E-state index is 12.2. The lowest BCUT2D eigenvalue weighted by Gasteiger charge is -2.17. The van der Waals surface area contributed by atoms with Gasteiger partial charge >= 0.3 is 0 Å². The van der Waals surface area contributed by atoms with E-state index in [2.05, 4.69) is 22.8 Å². The summed E-state index contributed by atoms with van der Waals surface area (Å²) in [5.41, 5.74) is 3.77. The highest BCUT2D eigenvalue weighted by Crippen LogP contribution is 2.22. The molecule has 5 nitrogen and oxygen atoms in total. The molecule has 1 atom stereocenters. The van der Waals surface area contributed by atoms with Crippen molar-refractivity contribution in [2.75, 3.05) is 0 Å². The first kappa shape index (κ1) is 17.3. The molecule has 1 unspecified atom stereocenters. The molecule has 0 radical (unpaired) electrons. The monoisotopic (exact) mass is 340 g/mol. The van der Waals surface area contributed by atoms with Crippen molar-refractivity contribution in [3.8, 4) is 0 Å².